The lowest BCUT2D eigenvalue weighted by Gasteiger charge is -2.29. The van der Waals surface area contributed by atoms with E-state index in [1.165, 1.54) is 0 Å². The van der Waals surface area contributed by atoms with Gasteiger partial charge in [-0.25, -0.2) is 4.79 Å². The second kappa shape index (κ2) is 6.09. The van der Waals surface area contributed by atoms with Crippen LogP contribution in [0.3, 0.4) is 0 Å². The standard InChI is InChI=1S/C12H20ClN3O2/c1-9(13)7-15-10-8-16(6-5-14-10)11(17)18-12(2,3)4/h1,5-8H2,2-4H3,(H,14,15). The normalized spacial score (nSPS) is 16.0. The second-order valence-corrected chi connectivity index (χ2v) is 5.64. The summed E-state index contributed by atoms with van der Waals surface area (Å²) < 4.78 is 5.31. The smallest absolute Gasteiger partial charge is 0.410 e. The zero-order valence-corrected chi connectivity index (χ0v) is 11.9. The number of nitrogens with one attached hydrogen (secondary N) is 1. The van der Waals surface area contributed by atoms with Crippen LogP contribution in [0.1, 0.15) is 20.8 Å². The second-order valence-electron chi connectivity index (χ2n) is 5.10. The summed E-state index contributed by atoms with van der Waals surface area (Å²) in [6, 6.07) is 0. The van der Waals surface area contributed by atoms with Gasteiger partial charge in [0.25, 0.3) is 0 Å². The Hall–Kier alpha value is -1.23. The minimum absolute atomic E-state index is 0.318. The average Bonchev–Trinajstić information content (AvgIpc) is 2.24. The summed E-state index contributed by atoms with van der Waals surface area (Å²) in [6.07, 6.45) is -0.318. The highest BCUT2D eigenvalue weighted by Crippen LogP contribution is 2.11. The number of ether oxygens (including phenoxy) is 1. The lowest BCUT2D eigenvalue weighted by molar-refractivity contribution is 0.0276. The molecular weight excluding hydrogens is 254 g/mol. The topological polar surface area (TPSA) is 53.9 Å². The number of carbonyl (C=O) groups excluding carboxylic acids is 1. The van der Waals surface area contributed by atoms with Crippen LogP contribution >= 0.6 is 11.6 Å². The molecule has 0 fully saturated rings. The monoisotopic (exact) mass is 273 g/mol. The van der Waals surface area contributed by atoms with Crippen LogP contribution in [-0.2, 0) is 4.74 Å². The molecule has 0 atom stereocenters. The third-order valence-electron chi connectivity index (χ3n) is 2.15. The summed E-state index contributed by atoms with van der Waals surface area (Å²) in [6.45, 7) is 11.1. The summed E-state index contributed by atoms with van der Waals surface area (Å²) in [5.74, 6) is 0.730. The molecule has 6 heteroatoms. The largest absolute Gasteiger partial charge is 0.444 e. The van der Waals surface area contributed by atoms with Crippen LogP contribution in [0.2, 0.25) is 0 Å². The number of hydrogen-bond acceptors (Lipinski definition) is 4. The van der Waals surface area contributed by atoms with Gasteiger partial charge in [-0.2, -0.15) is 0 Å². The van der Waals surface area contributed by atoms with Crippen LogP contribution in [0, 0.1) is 0 Å². The SMILES string of the molecule is C=C(Cl)CNC1=NCCN(C(=O)OC(C)(C)C)C1. The van der Waals surface area contributed by atoms with E-state index >= 15 is 0 Å². The molecule has 0 saturated carbocycles. The van der Waals surface area contributed by atoms with Crippen molar-refractivity contribution in [3.63, 3.8) is 0 Å². The molecule has 0 radical (unpaired) electrons. The van der Waals surface area contributed by atoms with Crippen LogP contribution in [-0.4, -0.2) is 48.6 Å². The van der Waals surface area contributed by atoms with Crippen LogP contribution in [0.4, 0.5) is 4.79 Å². The Kier molecular flexibility index (Phi) is 5.02. The number of halogens is 1. The highest BCUT2D eigenvalue weighted by molar-refractivity contribution is 6.29. The van der Waals surface area contributed by atoms with Gasteiger partial charge < -0.3 is 10.1 Å². The van der Waals surface area contributed by atoms with E-state index < -0.39 is 5.60 Å². The van der Waals surface area contributed by atoms with Crippen LogP contribution in [0.25, 0.3) is 0 Å². The van der Waals surface area contributed by atoms with Gasteiger partial charge in [-0.15, -0.1) is 0 Å². The van der Waals surface area contributed by atoms with Crippen LogP contribution in [0.5, 0.6) is 0 Å². The maximum absolute atomic E-state index is 11.9. The minimum atomic E-state index is -0.482. The maximum atomic E-state index is 11.9. The van der Waals surface area contributed by atoms with Crippen molar-refractivity contribution >= 4 is 23.5 Å². The molecule has 0 aromatic carbocycles. The fourth-order valence-corrected chi connectivity index (χ4v) is 1.47. The first-order chi connectivity index (χ1) is 8.28. The van der Waals surface area contributed by atoms with Crippen molar-refractivity contribution in [2.45, 2.75) is 26.4 Å². The predicted molar refractivity (Wildman–Crippen MR) is 73.1 cm³/mol. The Bertz CT molecular complexity index is 361. The molecule has 0 bridgehead atoms. The number of rotatable bonds is 2. The van der Waals surface area contributed by atoms with Gasteiger partial charge in [0.05, 0.1) is 19.6 Å². The quantitative estimate of drug-likeness (QED) is 0.837. The van der Waals surface area contributed by atoms with Gasteiger partial charge in [0.2, 0.25) is 0 Å². The molecule has 1 heterocycles. The zero-order valence-electron chi connectivity index (χ0n) is 11.1. The Morgan fingerprint density at radius 2 is 2.28 bits per heavy atom. The van der Waals surface area contributed by atoms with Gasteiger partial charge in [0.15, 0.2) is 0 Å². The van der Waals surface area contributed by atoms with E-state index in [2.05, 4.69) is 16.9 Å². The summed E-state index contributed by atoms with van der Waals surface area (Å²) in [7, 11) is 0. The third kappa shape index (κ3) is 5.40. The summed E-state index contributed by atoms with van der Waals surface area (Å²) >= 11 is 5.67. The van der Waals surface area contributed by atoms with E-state index in [4.69, 9.17) is 16.3 Å². The Balaban J connectivity index is 2.49. The van der Waals surface area contributed by atoms with Crippen molar-refractivity contribution in [2.75, 3.05) is 26.2 Å². The highest BCUT2D eigenvalue weighted by atomic mass is 35.5. The van der Waals surface area contributed by atoms with Crippen molar-refractivity contribution in [3.05, 3.63) is 11.6 Å². The van der Waals surface area contributed by atoms with E-state index in [0.29, 0.717) is 31.2 Å². The van der Waals surface area contributed by atoms with Crippen molar-refractivity contribution in [1.29, 1.82) is 0 Å². The highest BCUT2D eigenvalue weighted by Gasteiger charge is 2.24. The van der Waals surface area contributed by atoms with Crippen molar-refractivity contribution < 1.29 is 9.53 Å². The van der Waals surface area contributed by atoms with E-state index in [1.807, 2.05) is 20.8 Å². The van der Waals surface area contributed by atoms with E-state index in [9.17, 15) is 4.79 Å². The molecule has 0 aromatic heterocycles. The molecule has 18 heavy (non-hydrogen) atoms. The summed E-state index contributed by atoms with van der Waals surface area (Å²) in [4.78, 5) is 17.8. The van der Waals surface area contributed by atoms with Crippen molar-refractivity contribution in [3.8, 4) is 0 Å². The lowest BCUT2D eigenvalue weighted by Crippen LogP contribution is -2.47. The third-order valence-corrected chi connectivity index (χ3v) is 2.28. The first kappa shape index (κ1) is 14.8. The molecule has 1 aliphatic heterocycles. The summed E-state index contributed by atoms with van der Waals surface area (Å²) in [5.41, 5.74) is -0.482. The van der Waals surface area contributed by atoms with E-state index in [0.717, 1.165) is 5.84 Å². The zero-order chi connectivity index (χ0) is 13.8. The molecular formula is C12H20ClN3O2. The first-order valence-corrected chi connectivity index (χ1v) is 6.24. The molecule has 1 aliphatic rings. The van der Waals surface area contributed by atoms with Gasteiger partial charge in [0, 0.05) is 11.6 Å². The fraction of sp³-hybridized carbons (Fsp3) is 0.667. The fourth-order valence-electron chi connectivity index (χ4n) is 1.41. The molecule has 5 nitrogen and oxygen atoms in total. The van der Waals surface area contributed by atoms with E-state index in [-0.39, 0.29) is 6.09 Å². The van der Waals surface area contributed by atoms with Gasteiger partial charge in [-0.3, -0.25) is 9.89 Å². The molecule has 0 saturated heterocycles. The Labute approximate surface area is 113 Å². The molecule has 1 N–H and O–H groups in total. The van der Waals surface area contributed by atoms with Crippen molar-refractivity contribution in [1.82, 2.24) is 10.2 Å². The number of nitrogens with zero attached hydrogens (tertiary/aromatic N) is 2. The van der Waals surface area contributed by atoms with Gasteiger partial charge >= 0.3 is 6.09 Å². The predicted octanol–water partition coefficient (Wildman–Crippen LogP) is 1.98. The average molecular weight is 274 g/mol. The molecule has 1 amide bonds. The molecule has 0 spiro atoms. The van der Waals surface area contributed by atoms with Crippen molar-refractivity contribution in [2.24, 2.45) is 4.99 Å². The first-order valence-electron chi connectivity index (χ1n) is 5.86. The number of hydrogen-bond donors (Lipinski definition) is 1. The van der Waals surface area contributed by atoms with Crippen LogP contribution in [0.15, 0.2) is 16.6 Å². The van der Waals surface area contributed by atoms with E-state index in [1.54, 1.807) is 4.90 Å². The van der Waals surface area contributed by atoms with Crippen LogP contribution < -0.4 is 5.32 Å². The van der Waals surface area contributed by atoms with Gasteiger partial charge in [-0.05, 0) is 20.8 Å². The molecule has 0 unspecified atom stereocenters. The number of amidine groups is 1. The number of aliphatic imine (C=N–C) groups is 1. The molecule has 1 rings (SSSR count). The Morgan fingerprint density at radius 1 is 1.61 bits per heavy atom. The van der Waals surface area contributed by atoms with Gasteiger partial charge in [0.1, 0.15) is 11.4 Å². The lowest BCUT2D eigenvalue weighted by atomic mass is 10.2. The molecule has 102 valence electrons. The Morgan fingerprint density at radius 3 is 2.83 bits per heavy atom. The minimum Gasteiger partial charge on any atom is -0.444 e. The van der Waals surface area contributed by atoms with Gasteiger partial charge in [-0.1, -0.05) is 18.2 Å². The number of amides is 1. The maximum Gasteiger partial charge on any atom is 0.410 e. The molecule has 0 aromatic rings. The summed E-state index contributed by atoms with van der Waals surface area (Å²) in [5, 5.41) is 3.54. The molecule has 0 aliphatic carbocycles. The number of carbonyl (C=O) groups is 1.